The van der Waals surface area contributed by atoms with E-state index in [9.17, 15) is 9.59 Å². The molecular formula is C23H26N6O2. The minimum absolute atomic E-state index is 0.000186. The second kappa shape index (κ2) is 9.51. The van der Waals surface area contributed by atoms with E-state index in [0.29, 0.717) is 18.7 Å². The van der Waals surface area contributed by atoms with Gasteiger partial charge in [-0.1, -0.05) is 24.3 Å². The van der Waals surface area contributed by atoms with Crippen LogP contribution in [0.3, 0.4) is 0 Å². The molecule has 2 amide bonds. The van der Waals surface area contributed by atoms with E-state index in [1.54, 1.807) is 12.5 Å². The van der Waals surface area contributed by atoms with E-state index in [1.165, 1.54) is 11.0 Å². The topological polar surface area (TPSA) is 93.0 Å². The minimum Gasteiger partial charge on any atom is -0.343 e. The van der Waals surface area contributed by atoms with Crippen LogP contribution in [-0.4, -0.2) is 49.6 Å². The van der Waals surface area contributed by atoms with Crippen LogP contribution in [0.15, 0.2) is 61.3 Å². The van der Waals surface area contributed by atoms with Crippen molar-refractivity contribution in [2.75, 3.05) is 13.1 Å². The molecule has 3 aromatic rings. The molecule has 2 atom stereocenters. The van der Waals surface area contributed by atoms with Gasteiger partial charge in [0.15, 0.2) is 0 Å². The van der Waals surface area contributed by atoms with Crippen LogP contribution in [0.2, 0.25) is 0 Å². The van der Waals surface area contributed by atoms with Crippen molar-refractivity contribution in [1.82, 2.24) is 30.0 Å². The largest absolute Gasteiger partial charge is 0.343 e. The van der Waals surface area contributed by atoms with Gasteiger partial charge in [-0.05, 0) is 43.5 Å². The zero-order chi connectivity index (χ0) is 21.6. The molecule has 160 valence electrons. The highest BCUT2D eigenvalue weighted by atomic mass is 16.2. The first-order chi connectivity index (χ1) is 15.1. The van der Waals surface area contributed by atoms with Crippen molar-refractivity contribution in [1.29, 1.82) is 0 Å². The van der Waals surface area contributed by atoms with Crippen molar-refractivity contribution < 1.29 is 9.59 Å². The Kier molecular flexibility index (Phi) is 6.35. The van der Waals surface area contributed by atoms with Crippen molar-refractivity contribution >= 4 is 11.8 Å². The van der Waals surface area contributed by atoms with Crippen molar-refractivity contribution in [3.8, 4) is 0 Å². The van der Waals surface area contributed by atoms with Crippen LogP contribution in [0.25, 0.3) is 0 Å². The second-order valence-corrected chi connectivity index (χ2v) is 7.86. The molecule has 0 saturated carbocycles. The summed E-state index contributed by atoms with van der Waals surface area (Å²) in [6, 6.07) is 13.0. The van der Waals surface area contributed by atoms with Gasteiger partial charge < -0.3 is 10.2 Å². The van der Waals surface area contributed by atoms with E-state index in [0.717, 1.165) is 24.1 Å². The molecule has 0 aliphatic carbocycles. The van der Waals surface area contributed by atoms with E-state index < -0.39 is 0 Å². The number of hydrogen-bond donors (Lipinski definition) is 1. The van der Waals surface area contributed by atoms with Crippen molar-refractivity contribution in [2.24, 2.45) is 5.92 Å². The molecule has 0 spiro atoms. The fourth-order valence-corrected chi connectivity index (χ4v) is 4.10. The second-order valence-electron chi connectivity index (χ2n) is 7.86. The molecule has 8 nitrogen and oxygen atoms in total. The molecule has 1 fully saturated rings. The smallest absolute Gasteiger partial charge is 0.252 e. The first-order valence-electron chi connectivity index (χ1n) is 10.5. The van der Waals surface area contributed by atoms with Gasteiger partial charge >= 0.3 is 0 Å². The zero-order valence-corrected chi connectivity index (χ0v) is 17.5. The first-order valence-corrected chi connectivity index (χ1v) is 10.5. The average molecular weight is 419 g/mol. The van der Waals surface area contributed by atoms with Gasteiger partial charge in [-0.15, -0.1) is 0 Å². The van der Waals surface area contributed by atoms with Crippen LogP contribution in [0.4, 0.5) is 0 Å². The number of aromatic nitrogens is 4. The third-order valence-electron chi connectivity index (χ3n) is 5.73. The molecule has 1 aliphatic heterocycles. The molecule has 2 unspecified atom stereocenters. The van der Waals surface area contributed by atoms with E-state index >= 15 is 0 Å². The number of pyridine rings is 1. The third kappa shape index (κ3) is 4.96. The summed E-state index contributed by atoms with van der Waals surface area (Å²) < 4.78 is 1.53. The number of carbonyl (C=O) groups is 2. The Hall–Kier alpha value is -3.55. The SMILES string of the molecule is Cc1ccccc1C(=O)NC(c1ccccn1)C1CCCN(C(=O)Cn2cncn2)C1. The van der Waals surface area contributed by atoms with E-state index in [2.05, 4.69) is 20.4 Å². The number of nitrogens with zero attached hydrogens (tertiary/aromatic N) is 5. The van der Waals surface area contributed by atoms with Crippen molar-refractivity contribution in [2.45, 2.75) is 32.4 Å². The standard InChI is InChI=1S/C23H26N6O2/c1-17-7-2-3-9-19(17)23(31)27-22(20-10-4-5-11-25-20)18-8-6-12-28(13-18)21(30)14-29-16-24-15-26-29/h2-5,7,9-11,15-16,18,22H,6,8,12-14H2,1H3,(H,27,31). The van der Waals surface area contributed by atoms with Gasteiger partial charge in [0.2, 0.25) is 5.91 Å². The summed E-state index contributed by atoms with van der Waals surface area (Å²) in [5.74, 6) is -0.0589. The van der Waals surface area contributed by atoms with Crippen LogP contribution in [-0.2, 0) is 11.3 Å². The Morgan fingerprint density at radius 3 is 2.77 bits per heavy atom. The molecule has 1 aliphatic rings. The summed E-state index contributed by atoms with van der Waals surface area (Å²) in [6.45, 7) is 3.35. The molecule has 1 aromatic carbocycles. The van der Waals surface area contributed by atoms with Gasteiger partial charge in [-0.3, -0.25) is 14.6 Å². The normalized spacial score (nSPS) is 17.2. The lowest BCUT2D eigenvalue weighted by atomic mass is 9.88. The number of benzene rings is 1. The number of carbonyl (C=O) groups excluding carboxylic acids is 2. The number of likely N-dealkylation sites (tertiary alicyclic amines) is 1. The first kappa shape index (κ1) is 20.7. The predicted molar refractivity (Wildman–Crippen MR) is 115 cm³/mol. The summed E-state index contributed by atoms with van der Waals surface area (Å²) in [6.07, 6.45) is 6.47. The number of hydrogen-bond acceptors (Lipinski definition) is 5. The van der Waals surface area contributed by atoms with Crippen LogP contribution in [0.5, 0.6) is 0 Å². The lowest BCUT2D eigenvalue weighted by Crippen LogP contribution is -2.46. The maximum absolute atomic E-state index is 13.1. The molecule has 31 heavy (non-hydrogen) atoms. The number of piperidine rings is 1. The summed E-state index contributed by atoms with van der Waals surface area (Å²) >= 11 is 0. The molecule has 1 N–H and O–H groups in total. The van der Waals surface area contributed by atoms with Gasteiger partial charge in [0, 0.05) is 30.8 Å². The number of nitrogens with one attached hydrogen (secondary N) is 1. The Bertz CT molecular complexity index is 1020. The monoisotopic (exact) mass is 418 g/mol. The lowest BCUT2D eigenvalue weighted by molar-refractivity contribution is -0.134. The van der Waals surface area contributed by atoms with Crippen LogP contribution in [0, 0.1) is 12.8 Å². The predicted octanol–water partition coefficient (Wildman–Crippen LogP) is 2.39. The fourth-order valence-electron chi connectivity index (χ4n) is 4.10. The van der Waals surface area contributed by atoms with Crippen molar-refractivity contribution in [3.05, 3.63) is 78.1 Å². The highest BCUT2D eigenvalue weighted by molar-refractivity contribution is 5.95. The maximum atomic E-state index is 13.1. The Balaban J connectivity index is 1.53. The molecule has 0 bridgehead atoms. The van der Waals surface area contributed by atoms with Gasteiger partial charge in [0.25, 0.3) is 5.91 Å². The molecule has 0 radical (unpaired) electrons. The van der Waals surface area contributed by atoms with Gasteiger partial charge in [-0.2, -0.15) is 5.10 Å². The molecule has 8 heteroatoms. The number of aryl methyl sites for hydroxylation is 1. The van der Waals surface area contributed by atoms with Crippen LogP contribution < -0.4 is 5.32 Å². The quantitative estimate of drug-likeness (QED) is 0.664. The molecule has 2 aromatic heterocycles. The molecular weight excluding hydrogens is 392 g/mol. The summed E-state index contributed by atoms with van der Waals surface area (Å²) in [7, 11) is 0. The van der Waals surface area contributed by atoms with Crippen molar-refractivity contribution in [3.63, 3.8) is 0 Å². The highest BCUT2D eigenvalue weighted by Gasteiger charge is 2.32. The van der Waals surface area contributed by atoms with E-state index in [4.69, 9.17) is 0 Å². The Labute approximate surface area is 181 Å². The Morgan fingerprint density at radius 2 is 2.03 bits per heavy atom. The molecule has 4 rings (SSSR count). The molecule has 3 heterocycles. The summed E-state index contributed by atoms with van der Waals surface area (Å²) in [5.41, 5.74) is 2.38. The number of amides is 2. The fraction of sp³-hybridized carbons (Fsp3) is 0.348. The maximum Gasteiger partial charge on any atom is 0.252 e. The minimum atomic E-state index is -0.282. The van der Waals surface area contributed by atoms with Crippen LogP contribution >= 0.6 is 0 Å². The van der Waals surface area contributed by atoms with Crippen LogP contribution in [0.1, 0.15) is 40.5 Å². The number of rotatable bonds is 6. The third-order valence-corrected chi connectivity index (χ3v) is 5.73. The van der Waals surface area contributed by atoms with Gasteiger partial charge in [-0.25, -0.2) is 9.67 Å². The van der Waals surface area contributed by atoms with Gasteiger partial charge in [0.1, 0.15) is 19.2 Å². The summed E-state index contributed by atoms with van der Waals surface area (Å²) in [4.78, 5) is 36.1. The van der Waals surface area contributed by atoms with Gasteiger partial charge in [0.05, 0.1) is 11.7 Å². The highest BCUT2D eigenvalue weighted by Crippen LogP contribution is 2.29. The zero-order valence-electron chi connectivity index (χ0n) is 17.5. The summed E-state index contributed by atoms with van der Waals surface area (Å²) in [5, 5.41) is 7.22. The lowest BCUT2D eigenvalue weighted by Gasteiger charge is -2.37. The van der Waals surface area contributed by atoms with E-state index in [1.807, 2.05) is 54.3 Å². The average Bonchev–Trinajstić information content (AvgIpc) is 3.31. The van der Waals surface area contributed by atoms with E-state index in [-0.39, 0.29) is 30.3 Å². The Morgan fingerprint density at radius 1 is 1.19 bits per heavy atom. The molecule has 1 saturated heterocycles.